The molecular weight excluding hydrogens is 304 g/mol. The van der Waals surface area contributed by atoms with Gasteiger partial charge in [-0.1, -0.05) is 54.1 Å². The average Bonchev–Trinajstić information content (AvgIpc) is 2.58. The third-order valence-corrected chi connectivity index (χ3v) is 4.46. The quantitative estimate of drug-likeness (QED) is 0.593. The fraction of sp³-hybridized carbons (Fsp3) is 0.0500. The van der Waals surface area contributed by atoms with Crippen LogP contribution in [0.4, 0.5) is 11.4 Å². The van der Waals surface area contributed by atoms with Crippen LogP contribution in [-0.4, -0.2) is 12.9 Å². The molecule has 0 spiro atoms. The molecule has 3 heteroatoms. The molecular formula is C20H15ClN2. The molecule has 0 saturated carbocycles. The monoisotopic (exact) mass is 318 g/mol. The maximum Gasteiger partial charge on any atom is 0.133 e. The molecule has 23 heavy (non-hydrogen) atoms. The van der Waals surface area contributed by atoms with Crippen LogP contribution in [0, 0.1) is 0 Å². The predicted octanol–water partition coefficient (Wildman–Crippen LogP) is 5.69. The van der Waals surface area contributed by atoms with E-state index in [-0.39, 0.29) is 0 Å². The zero-order valence-electron chi connectivity index (χ0n) is 12.7. The SMILES string of the molecule is CN1C(C=Cc2ccccc2Cl)=Nc2cccc3cccc1c23. The molecule has 0 aliphatic carbocycles. The molecule has 0 amide bonds. The molecule has 0 aromatic heterocycles. The third kappa shape index (κ3) is 2.41. The van der Waals surface area contributed by atoms with Crippen LogP contribution in [0.2, 0.25) is 5.02 Å². The van der Waals surface area contributed by atoms with Gasteiger partial charge < -0.3 is 4.90 Å². The van der Waals surface area contributed by atoms with E-state index in [1.807, 2.05) is 49.5 Å². The van der Waals surface area contributed by atoms with Gasteiger partial charge in [0.2, 0.25) is 0 Å². The van der Waals surface area contributed by atoms with E-state index in [1.54, 1.807) is 0 Å². The van der Waals surface area contributed by atoms with Crippen molar-refractivity contribution in [1.29, 1.82) is 0 Å². The molecule has 0 atom stereocenters. The zero-order chi connectivity index (χ0) is 15.8. The van der Waals surface area contributed by atoms with Gasteiger partial charge in [-0.3, -0.25) is 0 Å². The third-order valence-electron chi connectivity index (χ3n) is 4.12. The summed E-state index contributed by atoms with van der Waals surface area (Å²) >= 11 is 6.22. The molecule has 4 rings (SSSR count). The number of amidine groups is 1. The van der Waals surface area contributed by atoms with Crippen LogP contribution >= 0.6 is 11.6 Å². The van der Waals surface area contributed by atoms with Crippen LogP contribution < -0.4 is 4.90 Å². The van der Waals surface area contributed by atoms with E-state index in [2.05, 4.69) is 35.2 Å². The Morgan fingerprint density at radius 1 is 0.913 bits per heavy atom. The molecule has 3 aromatic rings. The summed E-state index contributed by atoms with van der Waals surface area (Å²) in [6, 6.07) is 20.4. The Bertz CT molecular complexity index is 952. The molecule has 0 fully saturated rings. The lowest BCUT2D eigenvalue weighted by molar-refractivity contribution is 1.25. The van der Waals surface area contributed by atoms with E-state index >= 15 is 0 Å². The van der Waals surface area contributed by atoms with Crippen LogP contribution in [0.3, 0.4) is 0 Å². The zero-order valence-corrected chi connectivity index (χ0v) is 13.5. The summed E-state index contributed by atoms with van der Waals surface area (Å²) in [4.78, 5) is 6.92. The first-order chi connectivity index (χ1) is 11.2. The van der Waals surface area contributed by atoms with Crippen molar-refractivity contribution in [1.82, 2.24) is 0 Å². The second-order valence-electron chi connectivity index (χ2n) is 5.54. The standard InChI is InChI=1S/C20H15ClN2/c1-23-18-11-5-8-15-7-4-10-17(20(15)18)22-19(23)13-12-14-6-2-3-9-16(14)21/h2-13H,1H3. The van der Waals surface area contributed by atoms with Crippen molar-refractivity contribution in [2.45, 2.75) is 0 Å². The van der Waals surface area contributed by atoms with Gasteiger partial charge in [0.25, 0.3) is 0 Å². The summed E-state index contributed by atoms with van der Waals surface area (Å²) in [5.41, 5.74) is 3.17. The summed E-state index contributed by atoms with van der Waals surface area (Å²) in [6.45, 7) is 0. The molecule has 0 saturated heterocycles. The highest BCUT2D eigenvalue weighted by Crippen LogP contribution is 2.38. The van der Waals surface area contributed by atoms with Gasteiger partial charge in [-0.25, -0.2) is 4.99 Å². The lowest BCUT2D eigenvalue weighted by atomic mass is 10.0. The van der Waals surface area contributed by atoms with Gasteiger partial charge >= 0.3 is 0 Å². The Labute approximate surface area is 140 Å². The van der Waals surface area contributed by atoms with Gasteiger partial charge in [0.15, 0.2) is 0 Å². The van der Waals surface area contributed by atoms with Gasteiger partial charge in [0, 0.05) is 17.5 Å². The average molecular weight is 319 g/mol. The van der Waals surface area contributed by atoms with Gasteiger partial charge in [0.1, 0.15) is 5.84 Å². The molecule has 0 N–H and O–H groups in total. The van der Waals surface area contributed by atoms with Crippen molar-refractivity contribution in [3.05, 3.63) is 77.3 Å². The number of nitrogens with zero attached hydrogens (tertiary/aromatic N) is 2. The first-order valence-corrected chi connectivity index (χ1v) is 7.88. The number of benzene rings is 3. The van der Waals surface area contributed by atoms with Crippen LogP contribution in [0.25, 0.3) is 16.8 Å². The summed E-state index contributed by atoms with van der Waals surface area (Å²) < 4.78 is 0. The number of likely N-dealkylation sites (N-methyl/N-ethyl adjacent to an activating group) is 1. The van der Waals surface area contributed by atoms with Crippen LogP contribution in [-0.2, 0) is 0 Å². The minimum atomic E-state index is 0.741. The fourth-order valence-corrected chi connectivity index (χ4v) is 3.12. The van der Waals surface area contributed by atoms with E-state index in [0.29, 0.717) is 0 Å². The van der Waals surface area contributed by atoms with Crippen molar-refractivity contribution in [3.63, 3.8) is 0 Å². The van der Waals surface area contributed by atoms with Gasteiger partial charge in [-0.2, -0.15) is 0 Å². The van der Waals surface area contributed by atoms with Gasteiger partial charge in [0.05, 0.1) is 11.4 Å². The van der Waals surface area contributed by atoms with Crippen molar-refractivity contribution in [2.24, 2.45) is 4.99 Å². The minimum absolute atomic E-state index is 0.741. The number of rotatable bonds is 2. The van der Waals surface area contributed by atoms with Crippen molar-refractivity contribution >= 4 is 45.7 Å². The molecule has 1 aliphatic rings. The molecule has 0 bridgehead atoms. The Morgan fingerprint density at radius 3 is 2.52 bits per heavy atom. The number of anilines is 1. The fourth-order valence-electron chi connectivity index (χ4n) is 2.92. The van der Waals surface area contributed by atoms with Gasteiger partial charge in [-0.05, 0) is 41.3 Å². The second-order valence-corrected chi connectivity index (χ2v) is 5.94. The topological polar surface area (TPSA) is 15.6 Å². The maximum atomic E-state index is 6.22. The Hall–Kier alpha value is -2.58. The molecule has 1 aliphatic heterocycles. The van der Waals surface area contributed by atoms with Crippen molar-refractivity contribution in [2.75, 3.05) is 11.9 Å². The Kier molecular flexibility index (Phi) is 3.40. The van der Waals surface area contributed by atoms with E-state index in [4.69, 9.17) is 16.6 Å². The lowest BCUT2D eigenvalue weighted by Gasteiger charge is -2.26. The summed E-state index contributed by atoms with van der Waals surface area (Å²) in [5.74, 6) is 0.899. The van der Waals surface area contributed by atoms with E-state index in [9.17, 15) is 0 Å². The summed E-state index contributed by atoms with van der Waals surface area (Å²) in [6.07, 6.45) is 4.02. The molecule has 2 nitrogen and oxygen atoms in total. The van der Waals surface area contributed by atoms with E-state index in [1.165, 1.54) is 16.5 Å². The normalized spacial score (nSPS) is 13.7. The molecule has 1 heterocycles. The predicted molar refractivity (Wildman–Crippen MR) is 99.9 cm³/mol. The smallest absolute Gasteiger partial charge is 0.133 e. The summed E-state index contributed by atoms with van der Waals surface area (Å²) in [7, 11) is 2.04. The number of aliphatic imine (C=N–C) groups is 1. The first-order valence-electron chi connectivity index (χ1n) is 7.51. The molecule has 0 radical (unpaired) electrons. The molecule has 0 unspecified atom stereocenters. The highest BCUT2D eigenvalue weighted by molar-refractivity contribution is 6.32. The minimum Gasteiger partial charge on any atom is -0.329 e. The number of hydrogen-bond donors (Lipinski definition) is 0. The van der Waals surface area contributed by atoms with E-state index < -0.39 is 0 Å². The van der Waals surface area contributed by atoms with Crippen LogP contribution in [0.15, 0.2) is 71.7 Å². The maximum absolute atomic E-state index is 6.22. The molecule has 112 valence electrons. The van der Waals surface area contributed by atoms with Crippen LogP contribution in [0.5, 0.6) is 0 Å². The molecule has 3 aromatic carbocycles. The Balaban J connectivity index is 1.80. The van der Waals surface area contributed by atoms with Crippen molar-refractivity contribution in [3.8, 4) is 0 Å². The Morgan fingerprint density at radius 2 is 1.70 bits per heavy atom. The number of halogens is 1. The summed E-state index contributed by atoms with van der Waals surface area (Å²) in [5, 5.41) is 3.16. The van der Waals surface area contributed by atoms with E-state index in [0.717, 1.165) is 22.1 Å². The number of hydrogen-bond acceptors (Lipinski definition) is 2. The largest absolute Gasteiger partial charge is 0.329 e. The van der Waals surface area contributed by atoms with Gasteiger partial charge in [-0.15, -0.1) is 0 Å². The second kappa shape index (κ2) is 5.56. The lowest BCUT2D eigenvalue weighted by Crippen LogP contribution is -2.26. The highest BCUT2D eigenvalue weighted by atomic mass is 35.5. The highest BCUT2D eigenvalue weighted by Gasteiger charge is 2.17. The first kappa shape index (κ1) is 14.0. The van der Waals surface area contributed by atoms with Crippen molar-refractivity contribution < 1.29 is 0 Å². The van der Waals surface area contributed by atoms with Crippen LogP contribution in [0.1, 0.15) is 5.56 Å².